The Kier molecular flexibility index (Phi) is 28.9. The highest BCUT2D eigenvalue weighted by Crippen LogP contribution is 2.22. The Bertz CT molecular complexity index is 2960. The summed E-state index contributed by atoms with van der Waals surface area (Å²) in [5.41, 5.74) is -2.53. The number of aromatic nitrogens is 6. The Labute approximate surface area is 529 Å². The standard InChI is InChI=1S/C60H96N16O15/c1-34-37(4)74(89)55(86)40(67-34)16-19-46(80)70-49(58(7,8)9)52(83)64-25-22-43(77)61-28-31-73(32-29-62-44(78)23-26-65-53(84)50(59(10,11)12)71-47(81)20-17-41-56(87)75(90)38(5)35(2)68-41)33-30-63-45(79)24-27-66-54(85)51(60(13,14)15)72-48(82)21-18-42-57(88)76(91)39(6)36(3)69-42/h49-51,89-91H,16-33H2,1-15H3,(H,61,77)(H,62,78)(H,63,79)(H,64,83)(H,65,84)(H,66,85)(H,70,80)(H,71,81)(H,72,82)/t49-,50-,51-/m0/s1. The predicted molar refractivity (Wildman–Crippen MR) is 333 cm³/mol. The molecule has 31 heteroatoms. The van der Waals surface area contributed by atoms with Gasteiger partial charge in [-0.15, -0.1) is 14.2 Å². The van der Waals surface area contributed by atoms with Crippen LogP contribution in [0.4, 0.5) is 0 Å². The zero-order valence-corrected chi connectivity index (χ0v) is 55.3. The van der Waals surface area contributed by atoms with E-state index in [1.54, 1.807) is 83.1 Å². The monoisotopic (exact) mass is 1280 g/mol. The number of nitrogens with zero attached hydrogens (tertiary/aromatic N) is 7. The number of rotatable bonds is 33. The van der Waals surface area contributed by atoms with E-state index in [0.29, 0.717) is 31.3 Å². The van der Waals surface area contributed by atoms with Crippen LogP contribution in [0.3, 0.4) is 0 Å². The highest BCUT2D eigenvalue weighted by molar-refractivity contribution is 5.90. The van der Waals surface area contributed by atoms with Gasteiger partial charge in [-0.3, -0.25) is 77.4 Å². The summed E-state index contributed by atoms with van der Waals surface area (Å²) in [4.78, 5) is 170. The zero-order chi connectivity index (χ0) is 68.9. The summed E-state index contributed by atoms with van der Waals surface area (Å²) in [6.07, 6.45) is -1.24. The van der Waals surface area contributed by atoms with Gasteiger partial charge in [-0.05, 0) is 57.8 Å². The molecule has 0 radical (unpaired) electrons. The fourth-order valence-corrected chi connectivity index (χ4v) is 9.05. The molecule has 0 saturated carbocycles. The van der Waals surface area contributed by atoms with E-state index in [1.807, 2.05) is 4.90 Å². The van der Waals surface area contributed by atoms with E-state index in [1.165, 1.54) is 20.8 Å². The molecule has 31 nitrogen and oxygen atoms in total. The van der Waals surface area contributed by atoms with E-state index in [-0.39, 0.29) is 151 Å². The molecule has 0 aliphatic heterocycles. The molecule has 0 saturated heterocycles. The molecule has 0 aliphatic rings. The van der Waals surface area contributed by atoms with Crippen molar-refractivity contribution in [2.75, 3.05) is 58.9 Å². The lowest BCUT2D eigenvalue weighted by atomic mass is 9.86. The summed E-state index contributed by atoms with van der Waals surface area (Å²) in [6, 6.07) is -3.06. The molecule has 3 aromatic rings. The maximum absolute atomic E-state index is 13.4. The molecule has 91 heavy (non-hydrogen) atoms. The molecule has 3 atom stereocenters. The van der Waals surface area contributed by atoms with Crippen LogP contribution < -0.4 is 64.5 Å². The second-order valence-electron chi connectivity index (χ2n) is 25.7. The minimum Gasteiger partial charge on any atom is -0.425 e. The van der Waals surface area contributed by atoms with Crippen molar-refractivity contribution in [3.8, 4) is 0 Å². The fourth-order valence-electron chi connectivity index (χ4n) is 9.05. The first-order valence-corrected chi connectivity index (χ1v) is 30.3. The number of carbonyl (C=O) groups excluding carboxylic acids is 9. The number of amides is 9. The highest BCUT2D eigenvalue weighted by atomic mass is 16.5. The van der Waals surface area contributed by atoms with Crippen molar-refractivity contribution in [2.24, 2.45) is 16.2 Å². The Morgan fingerprint density at radius 2 is 0.604 bits per heavy atom. The molecule has 3 aromatic heterocycles. The van der Waals surface area contributed by atoms with Gasteiger partial charge in [-0.1, -0.05) is 62.3 Å². The smallest absolute Gasteiger partial charge is 0.304 e. The van der Waals surface area contributed by atoms with E-state index in [4.69, 9.17) is 0 Å². The van der Waals surface area contributed by atoms with Crippen LogP contribution in [0.1, 0.15) is 152 Å². The second-order valence-corrected chi connectivity index (χ2v) is 25.7. The minimum absolute atomic E-state index is 0.0118. The Hall–Kier alpha value is -8.77. The molecule has 0 aromatic carbocycles. The van der Waals surface area contributed by atoms with Gasteiger partial charge in [0.25, 0.3) is 0 Å². The lowest BCUT2D eigenvalue weighted by Gasteiger charge is -2.30. The average Bonchev–Trinajstić information content (AvgIpc) is 0.957. The molecule has 0 bridgehead atoms. The van der Waals surface area contributed by atoms with Crippen molar-refractivity contribution < 1.29 is 58.8 Å². The minimum atomic E-state index is -1.02. The van der Waals surface area contributed by atoms with Gasteiger partial charge in [-0.2, -0.15) is 0 Å². The second kappa shape index (κ2) is 34.4. The van der Waals surface area contributed by atoms with Gasteiger partial charge < -0.3 is 63.5 Å². The SMILES string of the molecule is Cc1nc(CCC(=O)N[C@@H](C(=O)NCCC(=O)NCCN(CCNC(=O)CCNC(=O)[C@H](NC(=O)CCc2nc(C)c(C)n(O)c2=O)C(C)(C)C)CCNC(=O)CCNC(=O)[C@H](NC(=O)CCc2nc(C)c(C)n(O)c2=O)C(C)(C)C)C(C)(C)C)c(=O)n(O)c1C. The van der Waals surface area contributed by atoms with Crippen molar-refractivity contribution in [2.45, 2.75) is 180 Å². The van der Waals surface area contributed by atoms with Crippen LogP contribution in [0.25, 0.3) is 0 Å². The van der Waals surface area contributed by atoms with E-state index in [9.17, 15) is 73.2 Å². The summed E-state index contributed by atoms with van der Waals surface area (Å²) in [5.74, 6) is -4.49. The molecule has 0 unspecified atom stereocenters. The molecular formula is C60H96N16O15. The fraction of sp³-hybridized carbons (Fsp3) is 0.650. The zero-order valence-electron chi connectivity index (χ0n) is 55.3. The highest BCUT2D eigenvalue weighted by Gasteiger charge is 2.35. The summed E-state index contributed by atoms with van der Waals surface area (Å²) in [7, 11) is 0. The number of carbonyl (C=O) groups is 9. The Balaban J connectivity index is 1.58. The first kappa shape index (κ1) is 76.5. The van der Waals surface area contributed by atoms with Crippen LogP contribution in [-0.2, 0) is 62.4 Å². The van der Waals surface area contributed by atoms with Gasteiger partial charge >= 0.3 is 16.7 Å². The van der Waals surface area contributed by atoms with Gasteiger partial charge in [0.15, 0.2) is 0 Å². The van der Waals surface area contributed by atoms with Gasteiger partial charge in [0.2, 0.25) is 53.2 Å². The Morgan fingerprint density at radius 3 is 0.824 bits per heavy atom. The predicted octanol–water partition coefficient (Wildman–Crippen LogP) is -1.12. The Morgan fingerprint density at radius 1 is 0.374 bits per heavy atom. The largest absolute Gasteiger partial charge is 0.425 e. The normalized spacial score (nSPS) is 12.7. The van der Waals surface area contributed by atoms with Crippen LogP contribution >= 0.6 is 0 Å². The quantitative estimate of drug-likeness (QED) is 0.0321. The third-order valence-corrected chi connectivity index (χ3v) is 15.0. The van der Waals surface area contributed by atoms with E-state index >= 15 is 0 Å². The van der Waals surface area contributed by atoms with Crippen molar-refractivity contribution in [1.82, 2.24) is 81.9 Å². The lowest BCUT2D eigenvalue weighted by molar-refractivity contribution is -0.131. The van der Waals surface area contributed by atoms with Crippen LogP contribution in [0.5, 0.6) is 0 Å². The first-order valence-electron chi connectivity index (χ1n) is 30.3. The third kappa shape index (κ3) is 24.5. The van der Waals surface area contributed by atoms with Gasteiger partial charge in [0.05, 0.1) is 34.2 Å². The summed E-state index contributed by atoms with van der Waals surface area (Å²) >= 11 is 0. The van der Waals surface area contributed by atoms with Gasteiger partial charge in [-0.25, -0.2) is 0 Å². The third-order valence-electron chi connectivity index (χ3n) is 15.0. The van der Waals surface area contributed by atoms with Crippen LogP contribution in [-0.4, -0.2) is 180 Å². The summed E-state index contributed by atoms with van der Waals surface area (Å²) < 4.78 is 1.43. The molecule has 0 spiro atoms. The average molecular weight is 1280 g/mol. The number of aryl methyl sites for hydroxylation is 6. The van der Waals surface area contributed by atoms with Gasteiger partial charge in [0, 0.05) is 117 Å². The molecule has 3 rings (SSSR count). The maximum Gasteiger partial charge on any atom is 0.304 e. The molecule has 506 valence electrons. The first-order chi connectivity index (χ1) is 42.2. The van der Waals surface area contributed by atoms with Crippen LogP contribution in [0.2, 0.25) is 0 Å². The molecule has 3 heterocycles. The number of hydrogen-bond donors (Lipinski definition) is 12. The van der Waals surface area contributed by atoms with E-state index < -0.39 is 104 Å². The summed E-state index contributed by atoms with van der Waals surface area (Å²) in [6.45, 7) is 25.9. The van der Waals surface area contributed by atoms with E-state index in [2.05, 4.69) is 62.8 Å². The molecule has 9 amide bonds. The van der Waals surface area contributed by atoms with Crippen molar-refractivity contribution in [3.63, 3.8) is 0 Å². The molecular weight excluding hydrogens is 1180 g/mol. The summed E-state index contributed by atoms with van der Waals surface area (Å²) in [5, 5.41) is 54.9. The van der Waals surface area contributed by atoms with E-state index in [0.717, 1.165) is 0 Å². The molecule has 12 N–H and O–H groups in total. The van der Waals surface area contributed by atoms with Crippen LogP contribution in [0, 0.1) is 57.8 Å². The number of hydrogen-bond acceptors (Lipinski definition) is 19. The van der Waals surface area contributed by atoms with Crippen LogP contribution in [0.15, 0.2) is 14.4 Å². The van der Waals surface area contributed by atoms with Crippen molar-refractivity contribution >= 4 is 53.2 Å². The molecule has 0 aliphatic carbocycles. The van der Waals surface area contributed by atoms with Gasteiger partial charge in [0.1, 0.15) is 35.2 Å². The number of nitrogens with one attached hydrogen (secondary N) is 9. The lowest BCUT2D eigenvalue weighted by Crippen LogP contribution is -2.54. The molecule has 0 fully saturated rings. The topological polar surface area (TPSA) is 430 Å². The van der Waals surface area contributed by atoms with Crippen molar-refractivity contribution in [3.05, 3.63) is 82.3 Å². The maximum atomic E-state index is 13.4. The van der Waals surface area contributed by atoms with Crippen molar-refractivity contribution in [1.29, 1.82) is 0 Å².